The third-order valence-corrected chi connectivity index (χ3v) is 7.55. The summed E-state index contributed by atoms with van der Waals surface area (Å²) in [5, 5.41) is 0.549. The predicted molar refractivity (Wildman–Crippen MR) is 112 cm³/mol. The van der Waals surface area contributed by atoms with Crippen molar-refractivity contribution < 1.29 is 13.9 Å². The van der Waals surface area contributed by atoms with Crippen LogP contribution in [-0.2, 0) is 9.09 Å². The summed E-state index contributed by atoms with van der Waals surface area (Å²) in [4.78, 5) is 13.0. The van der Waals surface area contributed by atoms with E-state index in [-0.39, 0.29) is 5.52 Å². The highest BCUT2D eigenvalue weighted by Crippen LogP contribution is 2.55. The van der Waals surface area contributed by atoms with Gasteiger partial charge in [0.2, 0.25) is 0 Å². The summed E-state index contributed by atoms with van der Waals surface area (Å²) in [6.45, 7) is 2.59. The Hall–Kier alpha value is -1.70. The van der Waals surface area contributed by atoms with Crippen LogP contribution < -0.4 is 5.30 Å². The van der Waals surface area contributed by atoms with Gasteiger partial charge in [-0.3, -0.25) is 9.36 Å². The normalized spacial score (nSPS) is 18.2. The highest BCUT2D eigenvalue weighted by Gasteiger charge is 2.42. The molecule has 1 unspecified atom stereocenters. The van der Waals surface area contributed by atoms with E-state index in [1.807, 2.05) is 36.4 Å². The molecule has 144 valence electrons. The van der Waals surface area contributed by atoms with Gasteiger partial charge in [0.25, 0.3) is 5.52 Å². The van der Waals surface area contributed by atoms with E-state index in [0.29, 0.717) is 17.5 Å². The summed E-state index contributed by atoms with van der Waals surface area (Å²) in [6, 6.07) is 14.8. The smallest absolute Gasteiger partial charge is 0.301 e. The van der Waals surface area contributed by atoms with Crippen LogP contribution in [0.5, 0.6) is 0 Å². The van der Waals surface area contributed by atoms with Crippen molar-refractivity contribution in [2.75, 3.05) is 6.61 Å². The van der Waals surface area contributed by atoms with E-state index < -0.39 is 7.37 Å². The van der Waals surface area contributed by atoms with Crippen LogP contribution in [0.15, 0.2) is 48.5 Å². The Balaban J connectivity index is 1.62. The van der Waals surface area contributed by atoms with Gasteiger partial charge >= 0.3 is 7.37 Å². The van der Waals surface area contributed by atoms with Crippen molar-refractivity contribution in [2.24, 2.45) is 0 Å². The molecule has 0 aromatic heterocycles. The number of rotatable bonds is 10. The number of carbonyl (C=O) groups excluding carboxylic acids is 1. The fourth-order valence-electron chi connectivity index (χ4n) is 3.69. The maximum Gasteiger partial charge on any atom is 0.301 e. The summed E-state index contributed by atoms with van der Waals surface area (Å²) < 4.78 is 19.4. The van der Waals surface area contributed by atoms with E-state index in [9.17, 15) is 9.36 Å². The molecule has 1 heterocycles. The molecule has 2 aromatic rings. The molecule has 1 aliphatic heterocycles. The fourth-order valence-corrected chi connectivity index (χ4v) is 5.86. The van der Waals surface area contributed by atoms with Crippen molar-refractivity contribution in [2.45, 2.75) is 58.3 Å². The average molecular weight is 384 g/mol. The Morgan fingerprint density at radius 2 is 1.30 bits per heavy atom. The molecule has 3 nitrogen and oxygen atoms in total. The molecule has 0 radical (unpaired) electrons. The topological polar surface area (TPSA) is 43.4 Å². The number of hydrogen-bond donors (Lipinski definition) is 0. The van der Waals surface area contributed by atoms with Crippen LogP contribution in [0.1, 0.15) is 68.6 Å². The first-order valence-corrected chi connectivity index (χ1v) is 11.8. The molecule has 4 heteroatoms. The Labute approximate surface area is 162 Å². The second kappa shape index (κ2) is 9.48. The van der Waals surface area contributed by atoms with Gasteiger partial charge < -0.3 is 4.52 Å². The van der Waals surface area contributed by atoms with Crippen molar-refractivity contribution in [1.82, 2.24) is 0 Å². The van der Waals surface area contributed by atoms with E-state index in [1.165, 1.54) is 38.5 Å². The molecule has 0 amide bonds. The minimum absolute atomic E-state index is 0.364. The first-order valence-electron chi connectivity index (χ1n) is 10.2. The Morgan fingerprint density at radius 3 is 2.00 bits per heavy atom. The fraction of sp³-hybridized carbons (Fsp3) is 0.435. The van der Waals surface area contributed by atoms with Crippen molar-refractivity contribution >= 4 is 18.2 Å². The third-order valence-electron chi connectivity index (χ3n) is 5.21. The average Bonchev–Trinajstić information content (AvgIpc) is 2.71. The number of benzene rings is 2. The van der Waals surface area contributed by atoms with E-state index in [0.717, 1.165) is 24.0 Å². The third kappa shape index (κ3) is 4.42. The van der Waals surface area contributed by atoms with Crippen LogP contribution in [0.2, 0.25) is 0 Å². The van der Waals surface area contributed by atoms with Crippen LogP contribution in [0.3, 0.4) is 0 Å². The molecule has 2 aromatic carbocycles. The molecule has 0 bridgehead atoms. The van der Waals surface area contributed by atoms with Crippen molar-refractivity contribution in [3.63, 3.8) is 0 Å². The standard InChI is InChI=1S/C23H29O3P/c1-2-3-4-5-6-7-8-13-18-26-27(25)22-17-12-11-15-20(22)19-14-9-10-16-21(19)23(27)24/h9-12,14-17H,2-8,13,18H2,1H3. The summed E-state index contributed by atoms with van der Waals surface area (Å²) >= 11 is 0. The van der Waals surface area contributed by atoms with Crippen LogP contribution in [0.4, 0.5) is 0 Å². The van der Waals surface area contributed by atoms with Crippen molar-refractivity contribution in [3.05, 3.63) is 54.1 Å². The van der Waals surface area contributed by atoms with Gasteiger partial charge in [-0.15, -0.1) is 0 Å². The maximum atomic E-state index is 13.6. The van der Waals surface area contributed by atoms with Gasteiger partial charge in [0.15, 0.2) is 0 Å². The van der Waals surface area contributed by atoms with Gasteiger partial charge in [0.1, 0.15) is 0 Å². The van der Waals surface area contributed by atoms with Crippen molar-refractivity contribution in [1.29, 1.82) is 0 Å². The first kappa shape index (κ1) is 20.0. The maximum absolute atomic E-state index is 13.6. The summed E-state index contributed by atoms with van der Waals surface area (Å²) in [5.74, 6) is 0. The number of fused-ring (bicyclic) bond motifs is 3. The molecule has 27 heavy (non-hydrogen) atoms. The summed E-state index contributed by atoms with van der Waals surface area (Å²) in [5.41, 5.74) is 1.85. The molecule has 0 N–H and O–H groups in total. The van der Waals surface area contributed by atoms with Crippen molar-refractivity contribution in [3.8, 4) is 11.1 Å². The quantitative estimate of drug-likeness (QED) is 0.344. The minimum Gasteiger partial charge on any atom is -0.320 e. The Morgan fingerprint density at radius 1 is 0.741 bits per heavy atom. The lowest BCUT2D eigenvalue weighted by Gasteiger charge is -2.26. The molecule has 3 rings (SSSR count). The van der Waals surface area contributed by atoms with E-state index in [2.05, 4.69) is 6.92 Å². The summed E-state index contributed by atoms with van der Waals surface area (Å²) in [7, 11) is -3.54. The van der Waals surface area contributed by atoms with Crippen LogP contribution >= 0.6 is 7.37 Å². The summed E-state index contributed by atoms with van der Waals surface area (Å²) in [6.07, 6.45) is 9.49. The predicted octanol–water partition coefficient (Wildman–Crippen LogP) is 6.57. The molecule has 1 atom stereocenters. The zero-order valence-electron chi connectivity index (χ0n) is 16.2. The van der Waals surface area contributed by atoms with Gasteiger partial charge in [-0.25, -0.2) is 0 Å². The van der Waals surface area contributed by atoms with Gasteiger partial charge in [0, 0.05) is 5.56 Å². The Bertz CT molecular complexity index is 828. The molecule has 0 saturated carbocycles. The first-order chi connectivity index (χ1) is 13.2. The molecular formula is C23H29O3P. The van der Waals surface area contributed by atoms with Gasteiger partial charge in [0.05, 0.1) is 11.9 Å². The largest absolute Gasteiger partial charge is 0.320 e. The molecule has 0 aliphatic carbocycles. The van der Waals surface area contributed by atoms with Gasteiger partial charge in [-0.05, 0) is 23.6 Å². The number of carbonyl (C=O) groups is 1. The molecular weight excluding hydrogens is 355 g/mol. The molecule has 0 fully saturated rings. The second-order valence-electron chi connectivity index (χ2n) is 7.23. The lowest BCUT2D eigenvalue weighted by Crippen LogP contribution is -2.23. The molecule has 0 saturated heterocycles. The number of hydrogen-bond acceptors (Lipinski definition) is 3. The van der Waals surface area contributed by atoms with Crippen LogP contribution in [-0.4, -0.2) is 12.1 Å². The van der Waals surface area contributed by atoms with E-state index in [4.69, 9.17) is 4.52 Å². The second-order valence-corrected chi connectivity index (χ2v) is 9.48. The monoisotopic (exact) mass is 384 g/mol. The zero-order chi connectivity index (χ0) is 19.1. The van der Waals surface area contributed by atoms with Crippen LogP contribution in [0, 0.1) is 0 Å². The lowest BCUT2D eigenvalue weighted by atomic mass is 10.00. The van der Waals surface area contributed by atoms with E-state index >= 15 is 0 Å². The SMILES string of the molecule is CCCCCCCCCCOP1(=O)C(=O)c2ccccc2-c2ccccc21. The highest BCUT2D eigenvalue weighted by molar-refractivity contribution is 7.84. The highest BCUT2D eigenvalue weighted by atomic mass is 31.2. The van der Waals surface area contributed by atoms with Gasteiger partial charge in [-0.2, -0.15) is 0 Å². The minimum atomic E-state index is -3.54. The lowest BCUT2D eigenvalue weighted by molar-refractivity contribution is 0.105. The van der Waals surface area contributed by atoms with Gasteiger partial charge in [-0.1, -0.05) is 94.3 Å². The van der Waals surface area contributed by atoms with Crippen LogP contribution in [0.25, 0.3) is 11.1 Å². The number of unbranched alkanes of at least 4 members (excludes halogenated alkanes) is 7. The molecule has 1 aliphatic rings. The zero-order valence-corrected chi connectivity index (χ0v) is 17.0. The molecule has 0 spiro atoms. The Kier molecular flexibility index (Phi) is 7.04. The van der Waals surface area contributed by atoms with E-state index in [1.54, 1.807) is 12.1 Å².